The summed E-state index contributed by atoms with van der Waals surface area (Å²) in [6, 6.07) is 11.0. The molecule has 0 spiro atoms. The molecule has 1 unspecified atom stereocenters. The maximum absolute atomic E-state index is 12.5. The number of hydrogen-bond donors (Lipinski definition) is 1. The van der Waals surface area contributed by atoms with Gasteiger partial charge in [0.2, 0.25) is 5.91 Å². The molecule has 1 N–H and O–H groups in total. The van der Waals surface area contributed by atoms with E-state index in [1.807, 2.05) is 0 Å². The van der Waals surface area contributed by atoms with Crippen LogP contribution in [-0.2, 0) is 16.1 Å². The van der Waals surface area contributed by atoms with E-state index in [4.69, 9.17) is 4.74 Å². The van der Waals surface area contributed by atoms with Crippen molar-refractivity contribution in [3.05, 3.63) is 35.9 Å². The largest absolute Gasteiger partial charge is 0.381 e. The van der Waals surface area contributed by atoms with Crippen molar-refractivity contribution in [2.75, 3.05) is 26.3 Å². The number of nitrogens with zero attached hydrogens (tertiary/aromatic N) is 1. The maximum Gasteiger partial charge on any atom is 0.223 e. The quantitative estimate of drug-likeness (QED) is 0.903. The highest BCUT2D eigenvalue weighted by molar-refractivity contribution is 5.78. The molecule has 0 bridgehead atoms. The van der Waals surface area contributed by atoms with Crippen LogP contribution < -0.4 is 5.32 Å². The lowest BCUT2D eigenvalue weighted by Crippen LogP contribution is -2.47. The third-order valence-electron chi connectivity index (χ3n) is 5.57. The molecule has 1 aromatic carbocycles. The Morgan fingerprint density at radius 3 is 2.50 bits per heavy atom. The molecule has 2 heterocycles. The van der Waals surface area contributed by atoms with Crippen LogP contribution in [-0.4, -0.2) is 43.2 Å². The molecule has 132 valence electrons. The smallest absolute Gasteiger partial charge is 0.223 e. The number of likely N-dealkylation sites (tertiary alicyclic amines) is 1. The molecule has 0 aromatic heterocycles. The molecule has 1 amide bonds. The van der Waals surface area contributed by atoms with Crippen molar-refractivity contribution in [2.24, 2.45) is 11.8 Å². The first-order chi connectivity index (χ1) is 11.7. The summed E-state index contributed by atoms with van der Waals surface area (Å²) in [5.41, 5.74) is 1.37. The van der Waals surface area contributed by atoms with Crippen molar-refractivity contribution in [1.29, 1.82) is 0 Å². The Hall–Kier alpha value is -1.39. The number of amides is 1. The Bertz CT molecular complexity index is 506. The van der Waals surface area contributed by atoms with E-state index < -0.39 is 0 Å². The van der Waals surface area contributed by atoms with Crippen LogP contribution in [0.1, 0.15) is 38.2 Å². The van der Waals surface area contributed by atoms with Crippen molar-refractivity contribution in [1.82, 2.24) is 10.2 Å². The van der Waals surface area contributed by atoms with Crippen molar-refractivity contribution < 1.29 is 9.53 Å². The van der Waals surface area contributed by atoms with E-state index in [2.05, 4.69) is 47.5 Å². The second-order valence-electron chi connectivity index (χ2n) is 7.28. The van der Waals surface area contributed by atoms with Crippen molar-refractivity contribution in [3.8, 4) is 0 Å². The monoisotopic (exact) mass is 330 g/mol. The summed E-state index contributed by atoms with van der Waals surface area (Å²) in [6.07, 6.45) is 4.15. The van der Waals surface area contributed by atoms with Gasteiger partial charge in [-0.3, -0.25) is 9.69 Å². The highest BCUT2D eigenvalue weighted by atomic mass is 16.5. The molecule has 4 nitrogen and oxygen atoms in total. The van der Waals surface area contributed by atoms with Crippen LogP contribution in [0, 0.1) is 11.8 Å². The molecule has 2 aliphatic heterocycles. The fourth-order valence-corrected chi connectivity index (χ4v) is 3.84. The summed E-state index contributed by atoms with van der Waals surface area (Å²) in [7, 11) is 0. The summed E-state index contributed by atoms with van der Waals surface area (Å²) in [6.45, 7) is 6.83. The first-order valence-corrected chi connectivity index (χ1v) is 9.37. The van der Waals surface area contributed by atoms with E-state index >= 15 is 0 Å². The van der Waals surface area contributed by atoms with Gasteiger partial charge in [-0.25, -0.2) is 0 Å². The zero-order chi connectivity index (χ0) is 16.8. The third kappa shape index (κ3) is 4.81. The second kappa shape index (κ2) is 8.63. The molecular formula is C20H30N2O2. The first kappa shape index (κ1) is 17.4. The Morgan fingerprint density at radius 2 is 1.83 bits per heavy atom. The molecule has 0 saturated carbocycles. The lowest BCUT2D eigenvalue weighted by atomic mass is 9.86. The zero-order valence-electron chi connectivity index (χ0n) is 14.7. The summed E-state index contributed by atoms with van der Waals surface area (Å²) < 4.78 is 5.40. The highest BCUT2D eigenvalue weighted by Crippen LogP contribution is 2.24. The van der Waals surface area contributed by atoms with Gasteiger partial charge in [0.05, 0.1) is 0 Å². The second-order valence-corrected chi connectivity index (χ2v) is 7.28. The van der Waals surface area contributed by atoms with E-state index in [-0.39, 0.29) is 11.8 Å². The number of ether oxygens (including phenoxy) is 1. The van der Waals surface area contributed by atoms with Gasteiger partial charge in [0.15, 0.2) is 0 Å². The fourth-order valence-electron chi connectivity index (χ4n) is 3.84. The van der Waals surface area contributed by atoms with Gasteiger partial charge in [-0.1, -0.05) is 37.3 Å². The molecule has 1 atom stereocenters. The minimum atomic E-state index is 0.108. The molecule has 2 aliphatic rings. The van der Waals surface area contributed by atoms with Gasteiger partial charge in [-0.2, -0.15) is 0 Å². The molecule has 0 radical (unpaired) electrons. The zero-order valence-corrected chi connectivity index (χ0v) is 14.7. The van der Waals surface area contributed by atoms with Gasteiger partial charge in [0.25, 0.3) is 0 Å². The minimum Gasteiger partial charge on any atom is -0.381 e. The van der Waals surface area contributed by atoms with Crippen molar-refractivity contribution >= 4 is 5.91 Å². The van der Waals surface area contributed by atoms with Crippen LogP contribution in [0.3, 0.4) is 0 Å². The number of piperidine rings is 1. The van der Waals surface area contributed by atoms with Gasteiger partial charge in [-0.05, 0) is 37.2 Å². The average molecular weight is 330 g/mol. The lowest BCUT2D eigenvalue weighted by Gasteiger charge is -2.34. The third-order valence-corrected chi connectivity index (χ3v) is 5.57. The Labute approximate surface area is 145 Å². The molecule has 24 heavy (non-hydrogen) atoms. The standard InChI is InChI=1S/C20H30N2O2/c1-16(18-9-13-24-14-10-18)20(23)21-19-7-11-22(12-8-19)15-17-5-3-2-4-6-17/h2-6,16,18-19H,7-15H2,1H3,(H,21,23). The minimum absolute atomic E-state index is 0.108. The Balaban J connectivity index is 1.40. The van der Waals surface area contributed by atoms with Gasteiger partial charge in [0.1, 0.15) is 0 Å². The van der Waals surface area contributed by atoms with Crippen LogP contribution in [0.5, 0.6) is 0 Å². The van der Waals surface area contributed by atoms with Gasteiger partial charge >= 0.3 is 0 Å². The average Bonchev–Trinajstić information content (AvgIpc) is 2.64. The Kier molecular flexibility index (Phi) is 6.27. The molecule has 3 rings (SSSR count). The number of benzene rings is 1. The van der Waals surface area contributed by atoms with Crippen LogP contribution in [0.15, 0.2) is 30.3 Å². The van der Waals surface area contributed by atoms with Gasteiger partial charge in [0, 0.05) is 44.8 Å². The van der Waals surface area contributed by atoms with E-state index in [0.29, 0.717) is 12.0 Å². The van der Waals surface area contributed by atoms with E-state index in [0.717, 1.165) is 58.5 Å². The maximum atomic E-state index is 12.5. The van der Waals surface area contributed by atoms with E-state index in [1.165, 1.54) is 5.56 Å². The molecule has 0 aliphatic carbocycles. The van der Waals surface area contributed by atoms with Crippen LogP contribution in [0.2, 0.25) is 0 Å². The molecule has 4 heteroatoms. The molecule has 1 aromatic rings. The lowest BCUT2D eigenvalue weighted by molar-refractivity contribution is -0.128. The highest BCUT2D eigenvalue weighted by Gasteiger charge is 2.28. The number of rotatable bonds is 5. The van der Waals surface area contributed by atoms with Crippen molar-refractivity contribution in [3.63, 3.8) is 0 Å². The SMILES string of the molecule is CC(C(=O)NC1CCN(Cc2ccccc2)CC1)C1CCOCC1. The van der Waals surface area contributed by atoms with Gasteiger partial charge < -0.3 is 10.1 Å². The topological polar surface area (TPSA) is 41.6 Å². The fraction of sp³-hybridized carbons (Fsp3) is 0.650. The molecule has 2 saturated heterocycles. The molecular weight excluding hydrogens is 300 g/mol. The Morgan fingerprint density at radius 1 is 1.17 bits per heavy atom. The summed E-state index contributed by atoms with van der Waals surface area (Å²) >= 11 is 0. The van der Waals surface area contributed by atoms with Crippen molar-refractivity contribution in [2.45, 2.75) is 45.2 Å². The number of carbonyl (C=O) groups excluding carboxylic acids is 1. The van der Waals surface area contributed by atoms with E-state index in [9.17, 15) is 4.79 Å². The predicted octanol–water partition coefficient (Wildman–Crippen LogP) is 2.83. The van der Waals surface area contributed by atoms with Crippen LogP contribution in [0.4, 0.5) is 0 Å². The predicted molar refractivity (Wildman–Crippen MR) is 95.6 cm³/mol. The van der Waals surface area contributed by atoms with E-state index in [1.54, 1.807) is 0 Å². The molecule has 2 fully saturated rings. The van der Waals surface area contributed by atoms with Gasteiger partial charge in [-0.15, -0.1) is 0 Å². The normalized spacial score (nSPS) is 22.2. The van der Waals surface area contributed by atoms with Crippen LogP contribution in [0.25, 0.3) is 0 Å². The number of carbonyl (C=O) groups is 1. The summed E-state index contributed by atoms with van der Waals surface area (Å²) in [5, 5.41) is 3.29. The number of hydrogen-bond acceptors (Lipinski definition) is 3. The first-order valence-electron chi connectivity index (χ1n) is 9.37. The summed E-state index contributed by atoms with van der Waals surface area (Å²) in [4.78, 5) is 15.0. The van der Waals surface area contributed by atoms with Crippen LogP contribution >= 0.6 is 0 Å². The number of nitrogens with one attached hydrogen (secondary N) is 1. The summed E-state index contributed by atoms with van der Waals surface area (Å²) in [5.74, 6) is 0.830.